The topological polar surface area (TPSA) is 112 Å². The standard InChI is InChI=1S/C36H42FN7O4/c1-24-10-8-11-25(2)32(24)40-33(45)28-23-38-36(41-34(28)48-30-13-7-6-12-27(30)35(46)42(3)4)39-26-14-15-31(29(37)22-26)47-21-9-16-44-19-17-43(5)18-20-44/h6-8,10-15,22-23H,9,16-21H2,1-5H3,(H,40,45)(H,38,39,41). The minimum Gasteiger partial charge on any atom is -0.490 e. The highest BCUT2D eigenvalue weighted by atomic mass is 19.1. The number of ether oxygens (including phenoxy) is 2. The molecule has 0 bridgehead atoms. The molecule has 0 atom stereocenters. The first-order valence-corrected chi connectivity index (χ1v) is 15.9. The van der Waals surface area contributed by atoms with Crippen LogP contribution in [0.1, 0.15) is 38.3 Å². The number of para-hydroxylation sites is 2. The summed E-state index contributed by atoms with van der Waals surface area (Å²) in [6.07, 6.45) is 2.13. The molecule has 1 aromatic heterocycles. The van der Waals surface area contributed by atoms with Crippen LogP contribution in [0, 0.1) is 19.7 Å². The first-order chi connectivity index (χ1) is 23.1. The number of amides is 2. The Balaban J connectivity index is 1.34. The van der Waals surface area contributed by atoms with Gasteiger partial charge in [0.2, 0.25) is 11.8 Å². The van der Waals surface area contributed by atoms with Gasteiger partial charge >= 0.3 is 0 Å². The van der Waals surface area contributed by atoms with E-state index in [4.69, 9.17) is 9.47 Å². The van der Waals surface area contributed by atoms with Crippen molar-refractivity contribution < 1.29 is 23.5 Å². The summed E-state index contributed by atoms with van der Waals surface area (Å²) in [6, 6.07) is 16.9. The molecule has 0 spiro atoms. The third kappa shape index (κ3) is 8.64. The number of anilines is 3. The molecular formula is C36H42FN7O4. The lowest BCUT2D eigenvalue weighted by Gasteiger charge is -2.32. The SMILES string of the molecule is Cc1cccc(C)c1NC(=O)c1cnc(Nc2ccc(OCCCN3CCN(C)CC3)c(F)c2)nc1Oc1ccccc1C(=O)N(C)C. The van der Waals surface area contributed by atoms with E-state index in [-0.39, 0.29) is 40.4 Å². The van der Waals surface area contributed by atoms with E-state index in [1.54, 1.807) is 50.5 Å². The molecule has 1 saturated heterocycles. The number of piperazine rings is 1. The Kier molecular flexibility index (Phi) is 11.2. The Labute approximate surface area is 280 Å². The average molecular weight is 656 g/mol. The number of likely N-dealkylation sites (N-methyl/N-ethyl adjacent to an activating group) is 1. The quantitative estimate of drug-likeness (QED) is 0.185. The van der Waals surface area contributed by atoms with E-state index in [1.165, 1.54) is 17.2 Å². The predicted octanol–water partition coefficient (Wildman–Crippen LogP) is 5.74. The summed E-state index contributed by atoms with van der Waals surface area (Å²) in [6.45, 7) is 9.26. The number of nitrogens with zero attached hydrogens (tertiary/aromatic N) is 5. The molecule has 0 unspecified atom stereocenters. The molecule has 0 saturated carbocycles. The first-order valence-electron chi connectivity index (χ1n) is 15.9. The molecule has 2 amide bonds. The average Bonchev–Trinajstić information content (AvgIpc) is 3.06. The number of aryl methyl sites for hydroxylation is 2. The summed E-state index contributed by atoms with van der Waals surface area (Å²) in [5.41, 5.74) is 3.14. The molecule has 1 aliphatic heterocycles. The van der Waals surface area contributed by atoms with Crippen LogP contribution in [0.2, 0.25) is 0 Å². The molecule has 4 aromatic rings. The second-order valence-corrected chi connectivity index (χ2v) is 12.0. The van der Waals surface area contributed by atoms with Crippen molar-refractivity contribution in [2.75, 3.05) is 71.1 Å². The number of hydrogen-bond donors (Lipinski definition) is 2. The lowest BCUT2D eigenvalue weighted by atomic mass is 10.1. The smallest absolute Gasteiger partial charge is 0.262 e. The van der Waals surface area contributed by atoms with Gasteiger partial charge in [0.05, 0.1) is 12.2 Å². The molecule has 48 heavy (non-hydrogen) atoms. The molecule has 3 aromatic carbocycles. The molecule has 2 heterocycles. The number of carbonyl (C=O) groups is 2. The van der Waals surface area contributed by atoms with Crippen molar-refractivity contribution in [1.29, 1.82) is 0 Å². The van der Waals surface area contributed by atoms with Gasteiger partial charge in [-0.15, -0.1) is 0 Å². The van der Waals surface area contributed by atoms with Crippen molar-refractivity contribution in [3.05, 3.63) is 94.9 Å². The Morgan fingerprint density at radius 2 is 1.67 bits per heavy atom. The van der Waals surface area contributed by atoms with E-state index in [0.29, 0.717) is 18.0 Å². The summed E-state index contributed by atoms with van der Waals surface area (Å²) in [4.78, 5) is 41.4. The van der Waals surface area contributed by atoms with Gasteiger partial charge in [-0.1, -0.05) is 30.3 Å². The van der Waals surface area contributed by atoms with Gasteiger partial charge in [0, 0.05) is 70.5 Å². The van der Waals surface area contributed by atoms with Gasteiger partial charge in [-0.25, -0.2) is 9.37 Å². The van der Waals surface area contributed by atoms with Crippen molar-refractivity contribution in [3.63, 3.8) is 0 Å². The van der Waals surface area contributed by atoms with Gasteiger partial charge in [-0.2, -0.15) is 4.98 Å². The summed E-state index contributed by atoms with van der Waals surface area (Å²) >= 11 is 0. The minimum atomic E-state index is -0.531. The fourth-order valence-electron chi connectivity index (χ4n) is 5.30. The van der Waals surface area contributed by atoms with Gasteiger partial charge < -0.3 is 34.8 Å². The van der Waals surface area contributed by atoms with Crippen LogP contribution in [0.4, 0.5) is 21.7 Å². The van der Waals surface area contributed by atoms with Gasteiger partial charge in [0.25, 0.3) is 11.8 Å². The third-order valence-corrected chi connectivity index (χ3v) is 8.11. The number of halogens is 1. The van der Waals surface area contributed by atoms with E-state index in [9.17, 15) is 9.59 Å². The molecule has 11 nitrogen and oxygen atoms in total. The van der Waals surface area contributed by atoms with Crippen molar-refractivity contribution in [2.45, 2.75) is 20.3 Å². The molecule has 1 fully saturated rings. The highest BCUT2D eigenvalue weighted by Gasteiger charge is 2.22. The van der Waals surface area contributed by atoms with Crippen LogP contribution in [0.25, 0.3) is 0 Å². The Morgan fingerprint density at radius 3 is 2.38 bits per heavy atom. The van der Waals surface area contributed by atoms with Crippen LogP contribution in [0.3, 0.4) is 0 Å². The number of nitrogens with one attached hydrogen (secondary N) is 2. The van der Waals surface area contributed by atoms with Crippen LogP contribution in [0.5, 0.6) is 17.4 Å². The predicted molar refractivity (Wildman–Crippen MR) is 184 cm³/mol. The second kappa shape index (κ2) is 15.7. The van der Waals surface area contributed by atoms with Crippen LogP contribution < -0.4 is 20.1 Å². The lowest BCUT2D eigenvalue weighted by molar-refractivity contribution is 0.0825. The summed E-state index contributed by atoms with van der Waals surface area (Å²) < 4.78 is 26.9. The summed E-state index contributed by atoms with van der Waals surface area (Å²) in [5, 5.41) is 5.92. The van der Waals surface area contributed by atoms with Crippen molar-refractivity contribution >= 4 is 29.1 Å². The van der Waals surface area contributed by atoms with Crippen LogP contribution in [-0.4, -0.2) is 97.0 Å². The highest BCUT2D eigenvalue weighted by molar-refractivity contribution is 6.06. The maximum atomic E-state index is 15.0. The third-order valence-electron chi connectivity index (χ3n) is 8.11. The van der Waals surface area contributed by atoms with Crippen LogP contribution in [0.15, 0.2) is 66.9 Å². The zero-order chi connectivity index (χ0) is 34.2. The molecule has 5 rings (SSSR count). The summed E-state index contributed by atoms with van der Waals surface area (Å²) in [5.74, 6) is -0.966. The van der Waals surface area contributed by atoms with E-state index in [0.717, 1.165) is 50.3 Å². The van der Waals surface area contributed by atoms with Gasteiger partial charge in [-0.3, -0.25) is 9.59 Å². The van der Waals surface area contributed by atoms with Gasteiger partial charge in [0.1, 0.15) is 11.3 Å². The van der Waals surface area contributed by atoms with E-state index in [1.807, 2.05) is 32.0 Å². The number of rotatable bonds is 12. The highest BCUT2D eigenvalue weighted by Crippen LogP contribution is 2.30. The molecule has 0 aliphatic carbocycles. The Morgan fingerprint density at radius 1 is 0.938 bits per heavy atom. The monoisotopic (exact) mass is 655 g/mol. The van der Waals surface area contributed by atoms with Gasteiger partial charge in [0.15, 0.2) is 11.6 Å². The number of hydrogen-bond acceptors (Lipinski definition) is 9. The lowest BCUT2D eigenvalue weighted by Crippen LogP contribution is -2.44. The zero-order valence-electron chi connectivity index (χ0n) is 28.0. The summed E-state index contributed by atoms with van der Waals surface area (Å²) in [7, 11) is 5.40. The maximum Gasteiger partial charge on any atom is 0.262 e. The number of benzene rings is 3. The fourth-order valence-corrected chi connectivity index (χ4v) is 5.30. The first kappa shape index (κ1) is 34.3. The Bertz CT molecular complexity index is 1740. The molecule has 12 heteroatoms. The second-order valence-electron chi connectivity index (χ2n) is 12.0. The normalized spacial score (nSPS) is 13.5. The van der Waals surface area contributed by atoms with Gasteiger partial charge in [-0.05, 0) is 62.7 Å². The van der Waals surface area contributed by atoms with Crippen LogP contribution >= 0.6 is 0 Å². The molecular weight excluding hydrogens is 613 g/mol. The molecule has 252 valence electrons. The van der Waals surface area contributed by atoms with Crippen molar-refractivity contribution in [3.8, 4) is 17.4 Å². The zero-order valence-corrected chi connectivity index (χ0v) is 28.0. The van der Waals surface area contributed by atoms with E-state index in [2.05, 4.69) is 37.4 Å². The van der Waals surface area contributed by atoms with Crippen LogP contribution in [-0.2, 0) is 0 Å². The molecule has 1 aliphatic rings. The molecule has 0 radical (unpaired) electrons. The van der Waals surface area contributed by atoms with E-state index < -0.39 is 11.7 Å². The van der Waals surface area contributed by atoms with Crippen molar-refractivity contribution in [1.82, 2.24) is 24.7 Å². The Hall–Kier alpha value is -5.07. The largest absolute Gasteiger partial charge is 0.490 e. The maximum absolute atomic E-state index is 15.0. The van der Waals surface area contributed by atoms with Crippen molar-refractivity contribution in [2.24, 2.45) is 0 Å². The minimum absolute atomic E-state index is 0.0433. The molecule has 2 N–H and O–H groups in total. The number of carbonyl (C=O) groups excluding carboxylic acids is 2. The van der Waals surface area contributed by atoms with E-state index >= 15 is 4.39 Å². The fraction of sp³-hybridized carbons (Fsp3) is 0.333. The number of aromatic nitrogens is 2.